The second kappa shape index (κ2) is 8.04. The molecule has 0 saturated carbocycles. The van der Waals surface area contributed by atoms with E-state index in [2.05, 4.69) is 15.5 Å². The van der Waals surface area contributed by atoms with Crippen molar-refractivity contribution in [2.45, 2.75) is 13.5 Å². The van der Waals surface area contributed by atoms with Crippen LogP contribution in [0.1, 0.15) is 16.1 Å². The number of nitrogens with zero attached hydrogens (tertiary/aromatic N) is 4. The lowest BCUT2D eigenvalue weighted by atomic mass is 10.2. The van der Waals surface area contributed by atoms with Gasteiger partial charge in [0.15, 0.2) is 0 Å². The highest BCUT2D eigenvalue weighted by Crippen LogP contribution is 2.19. The number of rotatable bonds is 5. The van der Waals surface area contributed by atoms with Gasteiger partial charge in [-0.2, -0.15) is 10.2 Å². The molecule has 0 spiro atoms. The van der Waals surface area contributed by atoms with Crippen LogP contribution in [0, 0.1) is 6.92 Å². The fraction of sp³-hybridized carbons (Fsp3) is 0.0952. The van der Waals surface area contributed by atoms with E-state index in [9.17, 15) is 14.4 Å². The van der Waals surface area contributed by atoms with Crippen molar-refractivity contribution in [1.29, 1.82) is 0 Å². The number of nitrogens with two attached hydrogens (primary N) is 1. The molecule has 10 heteroatoms. The molecule has 31 heavy (non-hydrogen) atoms. The van der Waals surface area contributed by atoms with Crippen LogP contribution in [0.4, 0.5) is 5.69 Å². The lowest BCUT2D eigenvalue weighted by Crippen LogP contribution is -2.31. The Morgan fingerprint density at radius 3 is 2.58 bits per heavy atom. The van der Waals surface area contributed by atoms with Gasteiger partial charge < -0.3 is 11.1 Å². The number of nitrogens with one attached hydrogen (secondary N) is 1. The molecule has 2 heterocycles. The molecule has 0 saturated heterocycles. The number of aromatic nitrogens is 4. The van der Waals surface area contributed by atoms with Crippen molar-refractivity contribution in [3.63, 3.8) is 0 Å². The minimum Gasteiger partial charge on any atom is -0.366 e. The fourth-order valence-electron chi connectivity index (χ4n) is 3.19. The van der Waals surface area contributed by atoms with E-state index in [1.807, 2.05) is 0 Å². The van der Waals surface area contributed by atoms with Gasteiger partial charge in [-0.1, -0.05) is 17.7 Å². The van der Waals surface area contributed by atoms with Gasteiger partial charge in [0.2, 0.25) is 11.8 Å². The van der Waals surface area contributed by atoms with E-state index in [-0.39, 0.29) is 6.54 Å². The molecule has 2 aromatic carbocycles. The minimum absolute atomic E-state index is 0.298. The number of fused-ring (bicyclic) bond motifs is 1. The van der Waals surface area contributed by atoms with Crippen molar-refractivity contribution in [3.8, 4) is 5.69 Å². The molecule has 2 aromatic heterocycles. The first-order valence-corrected chi connectivity index (χ1v) is 9.62. The third-order valence-electron chi connectivity index (χ3n) is 4.67. The first-order valence-electron chi connectivity index (χ1n) is 9.24. The number of amides is 2. The molecule has 0 bridgehead atoms. The van der Waals surface area contributed by atoms with Gasteiger partial charge in [-0.3, -0.25) is 14.4 Å². The largest absolute Gasteiger partial charge is 0.366 e. The van der Waals surface area contributed by atoms with Crippen molar-refractivity contribution < 1.29 is 9.59 Å². The lowest BCUT2D eigenvalue weighted by Gasteiger charge is -2.10. The van der Waals surface area contributed by atoms with Gasteiger partial charge in [0.05, 0.1) is 17.6 Å². The first-order chi connectivity index (χ1) is 14.8. The molecule has 0 aliphatic rings. The summed E-state index contributed by atoms with van der Waals surface area (Å²) >= 11 is 6.07. The number of anilines is 1. The van der Waals surface area contributed by atoms with E-state index in [1.54, 1.807) is 49.5 Å². The number of carbonyl (C=O) groups is 2. The molecular formula is C21H17ClN6O3. The van der Waals surface area contributed by atoms with E-state index < -0.39 is 17.4 Å². The maximum atomic E-state index is 13.1. The Morgan fingerprint density at radius 2 is 1.90 bits per heavy atom. The molecule has 156 valence electrons. The zero-order chi connectivity index (χ0) is 22.1. The van der Waals surface area contributed by atoms with Crippen LogP contribution in [0.2, 0.25) is 5.02 Å². The molecule has 0 aliphatic heterocycles. The van der Waals surface area contributed by atoms with Crippen LogP contribution in [0.3, 0.4) is 0 Å². The van der Waals surface area contributed by atoms with E-state index >= 15 is 0 Å². The Labute approximate surface area is 181 Å². The zero-order valence-electron chi connectivity index (χ0n) is 16.4. The molecule has 0 radical (unpaired) electrons. The highest BCUT2D eigenvalue weighted by Gasteiger charge is 2.17. The van der Waals surface area contributed by atoms with Crippen LogP contribution in [0.25, 0.3) is 16.6 Å². The summed E-state index contributed by atoms with van der Waals surface area (Å²) in [5.74, 6) is -1.01. The molecule has 0 fully saturated rings. The Hall–Kier alpha value is -3.98. The minimum atomic E-state index is -0.561. The van der Waals surface area contributed by atoms with Gasteiger partial charge in [-0.15, -0.1) is 0 Å². The summed E-state index contributed by atoms with van der Waals surface area (Å²) in [6.07, 6.45) is 1.56. The van der Waals surface area contributed by atoms with Crippen LogP contribution in [-0.4, -0.2) is 31.4 Å². The normalized spacial score (nSPS) is 10.9. The van der Waals surface area contributed by atoms with Crippen LogP contribution in [0.15, 0.2) is 59.5 Å². The molecule has 4 aromatic rings. The average Bonchev–Trinajstić information content (AvgIpc) is 3.18. The van der Waals surface area contributed by atoms with E-state index in [0.717, 1.165) is 4.68 Å². The molecular weight excluding hydrogens is 420 g/mol. The number of hydrogen-bond acceptors (Lipinski definition) is 5. The quantitative estimate of drug-likeness (QED) is 0.496. The van der Waals surface area contributed by atoms with Crippen LogP contribution in [0.5, 0.6) is 0 Å². The predicted molar refractivity (Wildman–Crippen MR) is 116 cm³/mol. The second-order valence-electron chi connectivity index (χ2n) is 6.84. The van der Waals surface area contributed by atoms with Crippen molar-refractivity contribution in [2.24, 2.45) is 5.73 Å². The Balaban J connectivity index is 1.65. The SMILES string of the molecule is Cc1nn(CC(=O)Nc2ccc(C(N)=O)cc2)c(=O)c2c1cnn2-c1cccc(Cl)c1. The average molecular weight is 437 g/mol. The third kappa shape index (κ3) is 4.03. The number of hydrogen-bond donors (Lipinski definition) is 2. The van der Waals surface area contributed by atoms with Gasteiger partial charge in [0, 0.05) is 21.7 Å². The Morgan fingerprint density at radius 1 is 1.16 bits per heavy atom. The fourth-order valence-corrected chi connectivity index (χ4v) is 3.37. The van der Waals surface area contributed by atoms with E-state index in [4.69, 9.17) is 17.3 Å². The van der Waals surface area contributed by atoms with Gasteiger partial charge in [-0.25, -0.2) is 9.36 Å². The van der Waals surface area contributed by atoms with Crippen molar-refractivity contribution in [3.05, 3.63) is 81.4 Å². The number of carbonyl (C=O) groups excluding carboxylic acids is 2. The Kier molecular flexibility index (Phi) is 5.26. The molecule has 0 unspecified atom stereocenters. The van der Waals surface area contributed by atoms with Crippen molar-refractivity contribution >= 4 is 40.0 Å². The molecule has 0 aliphatic carbocycles. The smallest absolute Gasteiger partial charge is 0.293 e. The van der Waals surface area contributed by atoms with E-state index in [0.29, 0.717) is 38.6 Å². The molecule has 3 N–H and O–H groups in total. The zero-order valence-corrected chi connectivity index (χ0v) is 17.1. The van der Waals surface area contributed by atoms with Gasteiger partial charge >= 0.3 is 0 Å². The predicted octanol–water partition coefficient (Wildman–Crippen LogP) is 2.28. The maximum absolute atomic E-state index is 13.1. The highest BCUT2D eigenvalue weighted by molar-refractivity contribution is 6.30. The summed E-state index contributed by atoms with van der Waals surface area (Å²) in [6.45, 7) is 1.44. The number of benzene rings is 2. The number of halogens is 1. The summed E-state index contributed by atoms with van der Waals surface area (Å²) in [5.41, 5.74) is 7.01. The summed E-state index contributed by atoms with van der Waals surface area (Å²) in [5, 5.41) is 12.3. The summed E-state index contributed by atoms with van der Waals surface area (Å²) in [6, 6.07) is 13.1. The molecule has 0 atom stereocenters. The molecule has 4 rings (SSSR count). The van der Waals surface area contributed by atoms with Crippen LogP contribution >= 0.6 is 11.6 Å². The van der Waals surface area contributed by atoms with Crippen LogP contribution in [-0.2, 0) is 11.3 Å². The van der Waals surface area contributed by atoms with E-state index in [1.165, 1.54) is 16.8 Å². The monoisotopic (exact) mass is 436 g/mol. The first kappa shape index (κ1) is 20.3. The van der Waals surface area contributed by atoms with Crippen molar-refractivity contribution in [1.82, 2.24) is 19.6 Å². The maximum Gasteiger partial charge on any atom is 0.293 e. The van der Waals surface area contributed by atoms with Gasteiger partial charge in [0.25, 0.3) is 5.56 Å². The summed E-state index contributed by atoms with van der Waals surface area (Å²) in [7, 11) is 0. The number of primary amides is 1. The topological polar surface area (TPSA) is 125 Å². The summed E-state index contributed by atoms with van der Waals surface area (Å²) < 4.78 is 2.57. The Bertz CT molecular complexity index is 1370. The molecule has 9 nitrogen and oxygen atoms in total. The standard InChI is InChI=1S/C21H17ClN6O3/c1-12-17-10-24-28(16-4-2-3-14(22)9-16)19(17)21(31)27(26-12)11-18(29)25-15-7-5-13(6-8-15)20(23)30/h2-10H,11H2,1H3,(H2,23,30)(H,25,29). The number of aryl methyl sites for hydroxylation is 1. The van der Waals surface area contributed by atoms with Gasteiger partial charge in [-0.05, 0) is 49.4 Å². The lowest BCUT2D eigenvalue weighted by molar-refractivity contribution is -0.117. The van der Waals surface area contributed by atoms with Crippen LogP contribution < -0.4 is 16.6 Å². The highest BCUT2D eigenvalue weighted by atomic mass is 35.5. The molecule has 2 amide bonds. The summed E-state index contributed by atoms with van der Waals surface area (Å²) in [4.78, 5) is 36.8. The van der Waals surface area contributed by atoms with Crippen molar-refractivity contribution in [2.75, 3.05) is 5.32 Å². The van der Waals surface area contributed by atoms with Gasteiger partial charge in [0.1, 0.15) is 12.1 Å². The second-order valence-corrected chi connectivity index (χ2v) is 7.27. The third-order valence-corrected chi connectivity index (χ3v) is 4.90.